The van der Waals surface area contributed by atoms with E-state index >= 15 is 0 Å². The van der Waals surface area contributed by atoms with Gasteiger partial charge in [-0.05, 0) is 43.7 Å². The van der Waals surface area contributed by atoms with Gasteiger partial charge >= 0.3 is 0 Å². The van der Waals surface area contributed by atoms with Crippen LogP contribution in [-0.2, 0) is 13.0 Å². The maximum atomic E-state index is 6.15. The van der Waals surface area contributed by atoms with Crippen LogP contribution in [0.3, 0.4) is 0 Å². The van der Waals surface area contributed by atoms with Crippen molar-refractivity contribution in [2.45, 2.75) is 26.8 Å². The first-order chi connectivity index (χ1) is 9.22. The summed E-state index contributed by atoms with van der Waals surface area (Å²) in [6.07, 6.45) is 1.10. The molecule has 102 valence electrons. The average molecular weight is 296 g/mol. The van der Waals surface area contributed by atoms with Crippen molar-refractivity contribution >= 4 is 28.6 Å². The van der Waals surface area contributed by atoms with Crippen LogP contribution in [0.4, 0.5) is 5.69 Å². The van der Waals surface area contributed by atoms with Crippen molar-refractivity contribution in [3.05, 3.63) is 45.1 Å². The van der Waals surface area contributed by atoms with E-state index in [4.69, 9.17) is 16.3 Å². The maximum Gasteiger partial charge on any atom is 0.138 e. The Morgan fingerprint density at radius 3 is 2.58 bits per heavy atom. The quantitative estimate of drug-likeness (QED) is 0.812. The number of nitrogens with one attached hydrogen (secondary N) is 1. The molecule has 2 aromatic rings. The normalized spacial score (nSPS) is 10.5. The Bertz CT molecular complexity index is 539. The minimum Gasteiger partial charge on any atom is -0.492 e. The zero-order valence-electron chi connectivity index (χ0n) is 11.2. The zero-order chi connectivity index (χ0) is 13.7. The third-order valence-corrected chi connectivity index (χ3v) is 4.29. The Kier molecular flexibility index (Phi) is 5.11. The predicted molar refractivity (Wildman–Crippen MR) is 83.6 cm³/mol. The Balaban J connectivity index is 1.97. The molecular weight excluding hydrogens is 278 g/mol. The Morgan fingerprint density at radius 2 is 1.95 bits per heavy atom. The van der Waals surface area contributed by atoms with Crippen LogP contribution in [0.15, 0.2) is 30.3 Å². The van der Waals surface area contributed by atoms with Gasteiger partial charge in [0, 0.05) is 22.0 Å². The molecule has 0 fully saturated rings. The number of hydrogen-bond donors (Lipinski definition) is 1. The lowest BCUT2D eigenvalue weighted by atomic mass is 10.3. The first kappa shape index (κ1) is 14.2. The molecule has 0 aliphatic rings. The van der Waals surface area contributed by atoms with Gasteiger partial charge in [0.25, 0.3) is 0 Å². The van der Waals surface area contributed by atoms with Gasteiger partial charge in [-0.2, -0.15) is 0 Å². The van der Waals surface area contributed by atoms with E-state index in [0.29, 0.717) is 11.6 Å². The van der Waals surface area contributed by atoms with Gasteiger partial charge < -0.3 is 10.1 Å². The van der Waals surface area contributed by atoms with E-state index in [1.807, 2.05) is 36.5 Å². The SMILES string of the molecule is CCOc1ccc(NCc2ccc(CC)s2)cc1Cl. The standard InChI is InChI=1S/C15H18ClNOS/c1-3-12-6-7-13(19-12)10-17-11-5-8-15(18-4-2)14(16)9-11/h5-9,17H,3-4,10H2,1-2H3. The summed E-state index contributed by atoms with van der Waals surface area (Å²) in [5.41, 5.74) is 1.01. The smallest absolute Gasteiger partial charge is 0.138 e. The molecule has 1 aromatic carbocycles. The monoisotopic (exact) mass is 295 g/mol. The first-order valence-electron chi connectivity index (χ1n) is 6.46. The van der Waals surface area contributed by atoms with Crippen LogP contribution in [-0.4, -0.2) is 6.61 Å². The zero-order valence-corrected chi connectivity index (χ0v) is 12.8. The summed E-state index contributed by atoms with van der Waals surface area (Å²) in [6.45, 7) is 5.58. The Hall–Kier alpha value is -1.19. The highest BCUT2D eigenvalue weighted by molar-refractivity contribution is 7.12. The van der Waals surface area contributed by atoms with E-state index in [9.17, 15) is 0 Å². The molecule has 2 rings (SSSR count). The lowest BCUT2D eigenvalue weighted by Gasteiger charge is -2.09. The molecule has 19 heavy (non-hydrogen) atoms. The number of ether oxygens (including phenoxy) is 1. The van der Waals surface area contributed by atoms with Gasteiger partial charge in [-0.1, -0.05) is 18.5 Å². The van der Waals surface area contributed by atoms with Crippen molar-refractivity contribution < 1.29 is 4.74 Å². The first-order valence-corrected chi connectivity index (χ1v) is 7.66. The highest BCUT2D eigenvalue weighted by atomic mass is 35.5. The summed E-state index contributed by atoms with van der Waals surface area (Å²) in [4.78, 5) is 2.75. The lowest BCUT2D eigenvalue weighted by molar-refractivity contribution is 0.340. The van der Waals surface area contributed by atoms with Crippen molar-refractivity contribution in [3.8, 4) is 5.75 Å². The molecule has 1 N–H and O–H groups in total. The van der Waals surface area contributed by atoms with Crippen molar-refractivity contribution in [1.29, 1.82) is 0 Å². The molecule has 0 atom stereocenters. The summed E-state index contributed by atoms with van der Waals surface area (Å²) < 4.78 is 5.41. The van der Waals surface area contributed by atoms with Crippen molar-refractivity contribution in [1.82, 2.24) is 0 Å². The van der Waals surface area contributed by atoms with E-state index in [1.165, 1.54) is 9.75 Å². The summed E-state index contributed by atoms with van der Waals surface area (Å²) in [6, 6.07) is 10.2. The largest absolute Gasteiger partial charge is 0.492 e. The number of thiophene rings is 1. The molecule has 1 heterocycles. The lowest BCUT2D eigenvalue weighted by Crippen LogP contribution is -1.98. The summed E-state index contributed by atoms with van der Waals surface area (Å²) in [5.74, 6) is 0.735. The maximum absolute atomic E-state index is 6.15. The number of aryl methyl sites for hydroxylation is 1. The molecule has 0 aliphatic carbocycles. The number of benzene rings is 1. The molecule has 0 aliphatic heterocycles. The van der Waals surface area contributed by atoms with Crippen LogP contribution in [0.25, 0.3) is 0 Å². The van der Waals surface area contributed by atoms with Crippen LogP contribution in [0.1, 0.15) is 23.6 Å². The molecule has 1 aromatic heterocycles. The average Bonchev–Trinajstić information content (AvgIpc) is 2.87. The summed E-state index contributed by atoms with van der Waals surface area (Å²) in [7, 11) is 0. The molecular formula is C15H18ClNOS. The van der Waals surface area contributed by atoms with E-state index < -0.39 is 0 Å². The van der Waals surface area contributed by atoms with E-state index in [2.05, 4.69) is 24.4 Å². The fraction of sp³-hybridized carbons (Fsp3) is 0.333. The van der Waals surface area contributed by atoms with Crippen molar-refractivity contribution in [3.63, 3.8) is 0 Å². The van der Waals surface area contributed by atoms with Crippen LogP contribution in [0.2, 0.25) is 5.02 Å². The van der Waals surface area contributed by atoms with E-state index in [0.717, 1.165) is 24.4 Å². The Morgan fingerprint density at radius 1 is 1.16 bits per heavy atom. The predicted octanol–water partition coefficient (Wildman–Crippen LogP) is 4.97. The molecule has 0 radical (unpaired) electrons. The van der Waals surface area contributed by atoms with E-state index in [1.54, 1.807) is 0 Å². The molecule has 2 nitrogen and oxygen atoms in total. The number of hydrogen-bond acceptors (Lipinski definition) is 3. The number of rotatable bonds is 6. The van der Waals surface area contributed by atoms with Crippen molar-refractivity contribution in [2.75, 3.05) is 11.9 Å². The second-order valence-corrected chi connectivity index (χ2v) is 5.81. The highest BCUT2D eigenvalue weighted by Crippen LogP contribution is 2.28. The van der Waals surface area contributed by atoms with Crippen LogP contribution in [0.5, 0.6) is 5.75 Å². The molecule has 4 heteroatoms. The highest BCUT2D eigenvalue weighted by Gasteiger charge is 2.03. The third-order valence-electron chi connectivity index (χ3n) is 2.76. The molecule has 0 unspecified atom stereocenters. The Labute approximate surface area is 123 Å². The second kappa shape index (κ2) is 6.83. The van der Waals surface area contributed by atoms with Gasteiger partial charge in [-0.15, -0.1) is 11.3 Å². The summed E-state index contributed by atoms with van der Waals surface area (Å²) in [5, 5.41) is 4.02. The fourth-order valence-electron chi connectivity index (χ4n) is 1.78. The summed E-state index contributed by atoms with van der Waals surface area (Å²) >= 11 is 8.00. The minimum absolute atomic E-state index is 0.626. The van der Waals surface area contributed by atoms with Crippen LogP contribution >= 0.6 is 22.9 Å². The molecule has 0 spiro atoms. The second-order valence-electron chi connectivity index (χ2n) is 4.15. The topological polar surface area (TPSA) is 21.3 Å². The van der Waals surface area contributed by atoms with Gasteiger partial charge in [0.1, 0.15) is 5.75 Å². The van der Waals surface area contributed by atoms with E-state index in [-0.39, 0.29) is 0 Å². The fourth-order valence-corrected chi connectivity index (χ4v) is 2.91. The van der Waals surface area contributed by atoms with Crippen LogP contribution in [0, 0.1) is 0 Å². The number of halogens is 1. The minimum atomic E-state index is 0.626. The van der Waals surface area contributed by atoms with Gasteiger partial charge in [-0.3, -0.25) is 0 Å². The van der Waals surface area contributed by atoms with Gasteiger partial charge in [0.2, 0.25) is 0 Å². The third kappa shape index (κ3) is 3.88. The van der Waals surface area contributed by atoms with Crippen LogP contribution < -0.4 is 10.1 Å². The molecule has 0 bridgehead atoms. The van der Waals surface area contributed by atoms with Crippen molar-refractivity contribution in [2.24, 2.45) is 0 Å². The van der Waals surface area contributed by atoms with Gasteiger partial charge in [-0.25, -0.2) is 0 Å². The van der Waals surface area contributed by atoms with Gasteiger partial charge in [0.15, 0.2) is 0 Å². The molecule has 0 amide bonds. The molecule has 0 saturated carbocycles. The number of anilines is 1. The van der Waals surface area contributed by atoms with Gasteiger partial charge in [0.05, 0.1) is 11.6 Å². The molecule has 0 saturated heterocycles.